The highest BCUT2D eigenvalue weighted by molar-refractivity contribution is 6.84. The minimum absolute atomic E-state index is 0.309. The number of nitrogens with one attached hydrogen (secondary N) is 1. The maximum Gasteiger partial charge on any atom is 0.299 e. The summed E-state index contributed by atoms with van der Waals surface area (Å²) in [7, 11) is 0.00840. The molecule has 0 radical (unpaired) electrons. The molecule has 3 nitrogen and oxygen atoms in total. The van der Waals surface area contributed by atoms with E-state index in [0.717, 1.165) is 11.1 Å². The summed E-state index contributed by atoms with van der Waals surface area (Å²) in [4.78, 5) is 12.1. The molecule has 2 rings (SSSR count). The molecule has 0 fully saturated rings. The van der Waals surface area contributed by atoms with Crippen molar-refractivity contribution >= 4 is 19.7 Å². The quantitative estimate of drug-likeness (QED) is 0.680. The van der Waals surface area contributed by atoms with Gasteiger partial charge in [-0.05, 0) is 29.2 Å². The number of amides is 1. The number of rotatable bonds is 3. The second kappa shape index (κ2) is 7.17. The summed E-state index contributed by atoms with van der Waals surface area (Å²) < 4.78 is 5.33. The second-order valence-electron chi connectivity index (χ2n) is 6.24. The van der Waals surface area contributed by atoms with Crippen LogP contribution in [0.25, 0.3) is 11.1 Å². The van der Waals surface area contributed by atoms with Crippen molar-refractivity contribution in [1.29, 1.82) is 0 Å². The Morgan fingerprint density at radius 2 is 1.74 bits per heavy atom. The first-order valence-corrected chi connectivity index (χ1v) is 11.0. The monoisotopic (exact) mass is 323 g/mol. The number of carbonyl (C=O) groups excluding carboxylic acids is 1. The third kappa shape index (κ3) is 5.01. The zero-order valence-electron chi connectivity index (χ0n) is 13.9. The number of benzene rings is 2. The van der Waals surface area contributed by atoms with Crippen molar-refractivity contribution in [3.05, 3.63) is 48.5 Å². The molecule has 0 saturated heterocycles. The fourth-order valence-corrected chi connectivity index (χ4v) is 2.50. The molecule has 1 amide bonds. The van der Waals surface area contributed by atoms with Crippen LogP contribution >= 0.6 is 0 Å². The average Bonchev–Trinajstić information content (AvgIpc) is 2.53. The van der Waals surface area contributed by atoms with Gasteiger partial charge in [-0.1, -0.05) is 56.0 Å². The Bertz CT molecular complexity index is 752. The van der Waals surface area contributed by atoms with Crippen molar-refractivity contribution in [2.24, 2.45) is 0 Å². The van der Waals surface area contributed by atoms with Crippen LogP contribution in [0.4, 0.5) is 5.69 Å². The van der Waals surface area contributed by atoms with Crippen LogP contribution in [-0.2, 0) is 4.79 Å². The van der Waals surface area contributed by atoms with Crippen LogP contribution in [0.15, 0.2) is 48.5 Å². The smallest absolute Gasteiger partial charge is 0.299 e. The van der Waals surface area contributed by atoms with Gasteiger partial charge in [0.15, 0.2) is 0 Å². The molecule has 0 heterocycles. The standard InChI is InChI=1S/C19H21NO2Si/c1-22-18-11-10-16(15-8-6-5-7-9-15)14-17(18)20-19(21)12-13-23(2,3)4/h5-11,14H,1-4H3,(H,20,21). The van der Waals surface area contributed by atoms with Crippen LogP contribution in [0.1, 0.15) is 0 Å². The molecule has 1 N–H and O–H groups in total. The Morgan fingerprint density at radius 3 is 2.35 bits per heavy atom. The third-order valence-corrected chi connectivity index (χ3v) is 3.98. The highest BCUT2D eigenvalue weighted by Gasteiger charge is 2.11. The fourth-order valence-electron chi connectivity index (χ4n) is 2.01. The van der Waals surface area contributed by atoms with Crippen LogP contribution in [0.5, 0.6) is 5.75 Å². The summed E-state index contributed by atoms with van der Waals surface area (Å²) in [5.74, 6) is 3.00. The average molecular weight is 323 g/mol. The molecule has 0 aromatic heterocycles. The lowest BCUT2D eigenvalue weighted by Gasteiger charge is -2.11. The molecule has 0 bridgehead atoms. The van der Waals surface area contributed by atoms with Crippen molar-refractivity contribution in [3.63, 3.8) is 0 Å². The molecule has 0 spiro atoms. The molecular formula is C19H21NO2Si. The number of hydrogen-bond donors (Lipinski definition) is 1. The summed E-state index contributed by atoms with van der Waals surface area (Å²) in [5, 5.41) is 2.83. The zero-order chi connectivity index (χ0) is 16.9. The molecule has 0 unspecified atom stereocenters. The van der Waals surface area contributed by atoms with Gasteiger partial charge in [-0.3, -0.25) is 4.79 Å². The third-order valence-electron chi connectivity index (χ3n) is 3.11. The van der Waals surface area contributed by atoms with Crippen LogP contribution in [0.3, 0.4) is 0 Å². The van der Waals surface area contributed by atoms with Crippen LogP contribution in [0.2, 0.25) is 19.6 Å². The summed E-state index contributed by atoms with van der Waals surface area (Å²) in [6.07, 6.45) is 0. The Hall–Kier alpha value is -2.51. The van der Waals surface area contributed by atoms with Gasteiger partial charge in [-0.25, -0.2) is 0 Å². The predicted octanol–water partition coefficient (Wildman–Crippen LogP) is 4.18. The summed E-state index contributed by atoms with van der Waals surface area (Å²) in [6, 6.07) is 15.7. The number of hydrogen-bond acceptors (Lipinski definition) is 2. The van der Waals surface area contributed by atoms with Crippen LogP contribution in [-0.4, -0.2) is 21.1 Å². The molecule has 0 aliphatic rings. The highest BCUT2D eigenvalue weighted by Crippen LogP contribution is 2.30. The van der Waals surface area contributed by atoms with Crippen molar-refractivity contribution in [1.82, 2.24) is 0 Å². The zero-order valence-corrected chi connectivity index (χ0v) is 14.9. The van der Waals surface area contributed by atoms with E-state index in [1.165, 1.54) is 0 Å². The summed E-state index contributed by atoms with van der Waals surface area (Å²) in [6.45, 7) is 6.30. The summed E-state index contributed by atoms with van der Waals surface area (Å²) >= 11 is 0. The second-order valence-corrected chi connectivity index (χ2v) is 11.0. The first kappa shape index (κ1) is 16.9. The maximum atomic E-state index is 12.1. The number of methoxy groups -OCH3 is 1. The van der Waals surface area contributed by atoms with Crippen LogP contribution in [0, 0.1) is 11.5 Å². The lowest BCUT2D eigenvalue weighted by molar-refractivity contribution is -0.111. The SMILES string of the molecule is COc1ccc(-c2ccccc2)cc1NC(=O)C#C[Si](C)(C)C. The highest BCUT2D eigenvalue weighted by atomic mass is 28.3. The van der Waals surface area contributed by atoms with E-state index < -0.39 is 8.07 Å². The van der Waals surface area contributed by atoms with E-state index in [9.17, 15) is 4.79 Å². The molecule has 0 atom stereocenters. The van der Waals surface area contributed by atoms with Gasteiger partial charge >= 0.3 is 0 Å². The van der Waals surface area contributed by atoms with E-state index in [1.807, 2.05) is 48.5 Å². The van der Waals surface area contributed by atoms with Crippen molar-refractivity contribution in [3.8, 4) is 28.3 Å². The van der Waals surface area contributed by atoms with Gasteiger partial charge in [-0.2, -0.15) is 0 Å². The first-order valence-electron chi connectivity index (χ1n) is 7.47. The van der Waals surface area contributed by atoms with Gasteiger partial charge < -0.3 is 10.1 Å². The molecule has 4 heteroatoms. The largest absolute Gasteiger partial charge is 0.495 e. The van der Waals surface area contributed by atoms with Crippen LogP contribution < -0.4 is 10.1 Å². The minimum atomic E-state index is -1.58. The molecule has 2 aromatic carbocycles. The molecule has 118 valence electrons. The summed E-state index contributed by atoms with van der Waals surface area (Å²) in [5.41, 5.74) is 5.79. The Balaban J connectivity index is 2.29. The Morgan fingerprint density at radius 1 is 1.04 bits per heavy atom. The van der Waals surface area contributed by atoms with Gasteiger partial charge in [0, 0.05) is 0 Å². The first-order chi connectivity index (χ1) is 10.9. The number of anilines is 1. The molecule has 0 aliphatic heterocycles. The van der Waals surface area contributed by atoms with Crippen molar-refractivity contribution in [2.75, 3.05) is 12.4 Å². The van der Waals surface area contributed by atoms with Gasteiger partial charge in [0.1, 0.15) is 13.8 Å². The Kier molecular flexibility index (Phi) is 5.25. The van der Waals surface area contributed by atoms with Gasteiger partial charge in [0.2, 0.25) is 0 Å². The Labute approximate surface area is 138 Å². The predicted molar refractivity (Wildman–Crippen MR) is 98.2 cm³/mol. The van der Waals surface area contributed by atoms with E-state index in [0.29, 0.717) is 11.4 Å². The molecule has 2 aromatic rings. The lowest BCUT2D eigenvalue weighted by Crippen LogP contribution is -2.18. The van der Waals surface area contributed by atoms with E-state index in [4.69, 9.17) is 4.74 Å². The number of ether oxygens (including phenoxy) is 1. The molecule has 0 aliphatic carbocycles. The normalized spacial score (nSPS) is 10.4. The van der Waals surface area contributed by atoms with Crippen molar-refractivity contribution < 1.29 is 9.53 Å². The molecule has 0 saturated carbocycles. The minimum Gasteiger partial charge on any atom is -0.495 e. The van der Waals surface area contributed by atoms with E-state index >= 15 is 0 Å². The molecular weight excluding hydrogens is 302 g/mol. The van der Waals surface area contributed by atoms with Gasteiger partial charge in [0.05, 0.1) is 12.8 Å². The van der Waals surface area contributed by atoms with E-state index in [1.54, 1.807) is 7.11 Å². The topological polar surface area (TPSA) is 38.3 Å². The van der Waals surface area contributed by atoms with E-state index in [2.05, 4.69) is 36.4 Å². The maximum absolute atomic E-state index is 12.1. The number of carbonyl (C=O) groups is 1. The van der Waals surface area contributed by atoms with Gasteiger partial charge in [-0.15, -0.1) is 5.54 Å². The molecule has 23 heavy (non-hydrogen) atoms. The van der Waals surface area contributed by atoms with E-state index in [-0.39, 0.29) is 5.91 Å². The fraction of sp³-hybridized carbons (Fsp3) is 0.211. The lowest BCUT2D eigenvalue weighted by atomic mass is 10.0. The van der Waals surface area contributed by atoms with Crippen molar-refractivity contribution in [2.45, 2.75) is 19.6 Å². The van der Waals surface area contributed by atoms with Gasteiger partial charge in [0.25, 0.3) is 5.91 Å².